The van der Waals surface area contributed by atoms with E-state index in [1.165, 1.54) is 43.5 Å². The molecule has 1 amide bonds. The molecule has 174 valence electrons. The summed E-state index contributed by atoms with van der Waals surface area (Å²) in [4.78, 5) is 16.7. The maximum Gasteiger partial charge on any atom is 0.435 e. The first-order valence-corrected chi connectivity index (χ1v) is 11.1. The number of halogens is 4. The van der Waals surface area contributed by atoms with Crippen molar-refractivity contribution in [3.63, 3.8) is 0 Å². The predicted octanol–water partition coefficient (Wildman–Crippen LogP) is 4.73. The van der Waals surface area contributed by atoms with Crippen LogP contribution in [0.4, 0.5) is 23.2 Å². The molecule has 8 nitrogen and oxygen atoms in total. The fourth-order valence-corrected chi connectivity index (χ4v) is 3.54. The Labute approximate surface area is 186 Å². The van der Waals surface area contributed by atoms with Gasteiger partial charge in [-0.05, 0) is 49.7 Å². The van der Waals surface area contributed by atoms with E-state index in [0.29, 0.717) is 0 Å². The van der Waals surface area contributed by atoms with E-state index in [1.54, 1.807) is 0 Å². The first-order valence-electron chi connectivity index (χ1n) is 9.18. The molecule has 0 bridgehead atoms. The molecule has 2 heterocycles. The van der Waals surface area contributed by atoms with Crippen molar-refractivity contribution in [1.82, 2.24) is 15.2 Å². The van der Waals surface area contributed by atoms with Crippen LogP contribution >= 0.6 is 0 Å². The van der Waals surface area contributed by atoms with Gasteiger partial charge in [0.15, 0.2) is 11.4 Å². The van der Waals surface area contributed by atoms with E-state index in [-0.39, 0.29) is 22.0 Å². The van der Waals surface area contributed by atoms with Crippen LogP contribution < -0.4 is 10.1 Å². The number of carbonyl (C=O) groups excluding carboxylic acids is 1. The van der Waals surface area contributed by atoms with Gasteiger partial charge < -0.3 is 10.1 Å². The highest BCUT2D eigenvalue weighted by Crippen LogP contribution is 2.35. The lowest BCUT2D eigenvalue weighted by atomic mass is 10.1. The minimum absolute atomic E-state index is 0.0409. The monoisotopic (exact) mass is 483 g/mol. The number of benzene rings is 1. The minimum Gasteiger partial charge on any atom is -0.435 e. The second-order valence-corrected chi connectivity index (χ2v) is 9.16. The number of nitrogens with one attached hydrogen (secondary N) is 2. The van der Waals surface area contributed by atoms with Crippen molar-refractivity contribution < 1.29 is 31.3 Å². The zero-order valence-electron chi connectivity index (χ0n) is 17.5. The fourth-order valence-electron chi connectivity index (χ4n) is 2.85. The van der Waals surface area contributed by atoms with Crippen LogP contribution in [0.3, 0.4) is 0 Å². The number of carbonyl (C=O) groups is 1. The Morgan fingerprint density at radius 3 is 2.45 bits per heavy atom. The maximum absolute atomic E-state index is 13.4. The number of hydrogen-bond donors (Lipinski definition) is 2. The lowest BCUT2D eigenvalue weighted by Gasteiger charge is -2.16. The predicted molar refractivity (Wildman–Crippen MR) is 110 cm³/mol. The van der Waals surface area contributed by atoms with Crippen molar-refractivity contribution in [2.45, 2.75) is 24.9 Å². The number of alkyl halides is 3. The molecule has 0 unspecified atom stereocenters. The zero-order chi connectivity index (χ0) is 24.6. The largest absolute Gasteiger partial charge is 0.435 e. The summed E-state index contributed by atoms with van der Waals surface area (Å²) < 4.78 is 78.6. The molecule has 3 rings (SSSR count). The molecule has 0 saturated heterocycles. The van der Waals surface area contributed by atoms with E-state index in [9.17, 15) is 26.6 Å². The Kier molecular flexibility index (Phi) is 6.36. The van der Waals surface area contributed by atoms with Gasteiger partial charge in [-0.1, -0.05) is 6.07 Å². The normalized spacial score (nSPS) is 13.3. The lowest BCUT2D eigenvalue weighted by Crippen LogP contribution is -2.21. The molecule has 0 spiro atoms. The summed E-state index contributed by atoms with van der Waals surface area (Å²) in [7, 11) is -3.10. The molecule has 33 heavy (non-hydrogen) atoms. The number of rotatable bonds is 5. The van der Waals surface area contributed by atoms with Crippen molar-refractivity contribution >= 4 is 21.3 Å². The van der Waals surface area contributed by atoms with E-state index in [1.807, 2.05) is 0 Å². The smallest absolute Gasteiger partial charge is 0.435 e. The van der Waals surface area contributed by atoms with Gasteiger partial charge in [0.05, 0.1) is 15.4 Å². The van der Waals surface area contributed by atoms with Crippen molar-refractivity contribution in [3.8, 4) is 11.6 Å². The topological polar surface area (TPSA) is 118 Å². The summed E-state index contributed by atoms with van der Waals surface area (Å²) >= 11 is 0. The molecule has 0 radical (unpaired) electrons. The van der Waals surface area contributed by atoms with E-state index in [2.05, 4.69) is 20.5 Å². The highest BCUT2D eigenvalue weighted by atomic mass is 32.2. The zero-order valence-corrected chi connectivity index (χ0v) is 18.3. The van der Waals surface area contributed by atoms with Crippen molar-refractivity contribution in [3.05, 3.63) is 64.9 Å². The van der Waals surface area contributed by atoms with Gasteiger partial charge in [-0.25, -0.2) is 14.0 Å². The molecule has 1 aromatic carbocycles. The van der Waals surface area contributed by atoms with Crippen LogP contribution in [0, 0.1) is 24.6 Å². The van der Waals surface area contributed by atoms with Crippen LogP contribution in [0.5, 0.6) is 11.6 Å². The van der Waals surface area contributed by atoms with Gasteiger partial charge >= 0.3 is 6.18 Å². The van der Waals surface area contributed by atoms with Crippen LogP contribution in [-0.4, -0.2) is 31.6 Å². The summed E-state index contributed by atoms with van der Waals surface area (Å²) in [6, 6.07) is 7.70. The van der Waals surface area contributed by atoms with Crippen LogP contribution in [-0.2, 0) is 15.9 Å². The van der Waals surface area contributed by atoms with Gasteiger partial charge in [-0.2, -0.15) is 17.6 Å². The average molecular weight is 483 g/mol. The Morgan fingerprint density at radius 1 is 1.15 bits per heavy atom. The van der Waals surface area contributed by atoms with Crippen LogP contribution in [0.25, 0.3) is 0 Å². The van der Waals surface area contributed by atoms with Crippen LogP contribution in [0.15, 0.2) is 41.3 Å². The summed E-state index contributed by atoms with van der Waals surface area (Å²) in [6.07, 6.45) is -3.71. The second-order valence-electron chi connectivity index (χ2n) is 7.00. The van der Waals surface area contributed by atoms with Gasteiger partial charge in [-0.15, -0.1) is 10.2 Å². The van der Waals surface area contributed by atoms with Gasteiger partial charge in [0.25, 0.3) is 11.8 Å². The van der Waals surface area contributed by atoms with Crippen molar-refractivity contribution in [2.75, 3.05) is 11.6 Å². The number of hydrogen-bond acceptors (Lipinski definition) is 7. The van der Waals surface area contributed by atoms with Gasteiger partial charge in [0.1, 0.15) is 5.56 Å². The van der Waals surface area contributed by atoms with Crippen molar-refractivity contribution in [2.24, 2.45) is 0 Å². The molecule has 2 N–H and O–H groups in total. The average Bonchev–Trinajstić information content (AvgIpc) is 2.68. The number of aryl methyl sites for hydroxylation is 1. The molecule has 1 atom stereocenters. The number of anilines is 1. The van der Waals surface area contributed by atoms with Crippen LogP contribution in [0.1, 0.15) is 27.3 Å². The standard InChI is InChI=1S/C20H17F4N5O3S/c1-10-16(18(30)27-12-5-4-6-13(9-12)33(3,25)31)19(29-28-17(10)20(22,23)24)32-14-7-8-15(21)26-11(14)2/h4-9,25H,1-3H3,(H,27,30)/t33-/m1/s1. The van der Waals surface area contributed by atoms with E-state index >= 15 is 0 Å². The Hall–Kier alpha value is -3.61. The summed E-state index contributed by atoms with van der Waals surface area (Å²) in [6.45, 7) is 2.44. The van der Waals surface area contributed by atoms with Crippen molar-refractivity contribution in [1.29, 1.82) is 4.78 Å². The SMILES string of the molecule is Cc1nc(F)ccc1Oc1nnc(C(F)(F)F)c(C)c1C(=O)Nc1cccc([S@](C)(=N)=O)c1. The third kappa shape index (κ3) is 5.42. The molecular formula is C20H17F4N5O3S. The molecule has 13 heteroatoms. The second kappa shape index (κ2) is 8.73. The molecule has 0 aliphatic rings. The molecule has 0 fully saturated rings. The third-order valence-electron chi connectivity index (χ3n) is 4.43. The maximum atomic E-state index is 13.4. The molecular weight excluding hydrogens is 466 g/mol. The van der Waals surface area contributed by atoms with E-state index < -0.39 is 50.5 Å². The van der Waals surface area contributed by atoms with E-state index in [0.717, 1.165) is 13.0 Å². The quantitative estimate of drug-likeness (QED) is 0.400. The number of ether oxygens (including phenoxy) is 1. The summed E-state index contributed by atoms with van der Waals surface area (Å²) in [5.41, 5.74) is -2.33. The highest BCUT2D eigenvalue weighted by molar-refractivity contribution is 7.91. The number of nitrogens with zero attached hydrogens (tertiary/aromatic N) is 3. The number of aromatic nitrogens is 3. The highest BCUT2D eigenvalue weighted by Gasteiger charge is 2.38. The van der Waals surface area contributed by atoms with E-state index in [4.69, 9.17) is 9.52 Å². The number of pyridine rings is 1. The fraction of sp³-hybridized carbons (Fsp3) is 0.200. The molecule has 0 saturated carbocycles. The first-order chi connectivity index (χ1) is 15.3. The van der Waals surface area contributed by atoms with Gasteiger partial charge in [-0.3, -0.25) is 4.79 Å². The Bertz CT molecular complexity index is 1340. The third-order valence-corrected chi connectivity index (χ3v) is 5.59. The molecule has 2 aromatic heterocycles. The lowest BCUT2D eigenvalue weighted by molar-refractivity contribution is -0.142. The van der Waals surface area contributed by atoms with Gasteiger partial charge in [0.2, 0.25) is 5.95 Å². The Balaban J connectivity index is 2.08. The number of amides is 1. The first kappa shape index (κ1) is 24.0. The molecule has 0 aliphatic carbocycles. The summed E-state index contributed by atoms with van der Waals surface area (Å²) in [5.74, 6) is -2.40. The van der Waals surface area contributed by atoms with Crippen LogP contribution in [0.2, 0.25) is 0 Å². The van der Waals surface area contributed by atoms with Gasteiger partial charge in [0, 0.05) is 16.8 Å². The minimum atomic E-state index is -4.89. The molecule has 3 aromatic rings. The Morgan fingerprint density at radius 2 is 1.85 bits per heavy atom. The molecule has 0 aliphatic heterocycles. The summed E-state index contributed by atoms with van der Waals surface area (Å²) in [5, 5.41) is 8.99.